The minimum atomic E-state index is -5.84. The molecule has 0 spiro atoms. The Morgan fingerprint density at radius 3 is 1.94 bits per heavy atom. The zero-order valence-corrected chi connectivity index (χ0v) is 19.4. The predicted molar refractivity (Wildman–Crippen MR) is 114 cm³/mol. The van der Waals surface area contributed by atoms with Crippen molar-refractivity contribution in [2.45, 2.75) is 89.6 Å². The highest BCUT2D eigenvalue weighted by atomic mass is 19.4. The van der Waals surface area contributed by atoms with Gasteiger partial charge in [-0.1, -0.05) is 32.6 Å². The lowest BCUT2D eigenvalue weighted by Crippen LogP contribution is -2.45. The normalized spacial score (nSPS) is 27.3. The Morgan fingerprint density at radius 2 is 1.44 bits per heavy atom. The van der Waals surface area contributed by atoms with Crippen molar-refractivity contribution in [3.63, 3.8) is 0 Å². The molecule has 2 fully saturated rings. The van der Waals surface area contributed by atoms with Gasteiger partial charge in [0.2, 0.25) is 0 Å². The Hall–Kier alpha value is -1.67. The van der Waals surface area contributed by atoms with Crippen molar-refractivity contribution in [2.24, 2.45) is 23.7 Å². The summed E-state index contributed by atoms with van der Waals surface area (Å²) < 4.78 is 99.7. The van der Waals surface area contributed by atoms with Gasteiger partial charge in [-0.3, -0.25) is 0 Å². The molecule has 0 saturated heterocycles. The molecule has 2 nitrogen and oxygen atoms in total. The van der Waals surface area contributed by atoms with Gasteiger partial charge in [0.05, 0.1) is 6.61 Å². The van der Waals surface area contributed by atoms with Gasteiger partial charge in [-0.2, -0.15) is 22.0 Å². The lowest BCUT2D eigenvalue weighted by atomic mass is 9.69. The van der Waals surface area contributed by atoms with Gasteiger partial charge in [-0.15, -0.1) is 0 Å². The van der Waals surface area contributed by atoms with Gasteiger partial charge in [0.15, 0.2) is 11.6 Å². The van der Waals surface area contributed by atoms with E-state index in [1.54, 1.807) is 0 Å². The molecule has 0 amide bonds. The molecule has 0 N–H and O–H groups in total. The molecule has 0 heterocycles. The largest absolute Gasteiger partial charge is 0.493 e. The van der Waals surface area contributed by atoms with E-state index in [1.807, 2.05) is 0 Å². The van der Waals surface area contributed by atoms with Crippen molar-refractivity contribution in [2.75, 3.05) is 6.61 Å². The van der Waals surface area contributed by atoms with E-state index in [-0.39, 0.29) is 5.75 Å². The summed E-state index contributed by atoms with van der Waals surface area (Å²) in [5.41, 5.74) is 0. The summed E-state index contributed by atoms with van der Waals surface area (Å²) in [6.45, 7) is 2.58. The van der Waals surface area contributed by atoms with Crippen LogP contribution < -0.4 is 9.47 Å². The van der Waals surface area contributed by atoms with Gasteiger partial charge in [0.25, 0.3) is 6.17 Å². The molecule has 0 radical (unpaired) electrons. The van der Waals surface area contributed by atoms with Gasteiger partial charge >= 0.3 is 12.3 Å². The third-order valence-corrected chi connectivity index (χ3v) is 7.36. The van der Waals surface area contributed by atoms with Gasteiger partial charge in [-0.25, -0.2) is 8.78 Å². The van der Waals surface area contributed by atoms with E-state index < -0.39 is 30.0 Å². The first kappa shape index (κ1) is 26.9. The number of hydrogen-bond donors (Lipinski definition) is 0. The standard InChI is InChI=1S/C25H33F7O2/c1-2-3-16-4-8-18(9-5-16)19-10-6-17(7-11-19)15-33-20-12-13-22(21(26)14-20)34-25(31,32)23(27)24(28,29)30/h12-14,16-19,23H,2-11,15H2,1H3. The van der Waals surface area contributed by atoms with E-state index in [0.717, 1.165) is 55.6 Å². The van der Waals surface area contributed by atoms with E-state index in [9.17, 15) is 30.7 Å². The second kappa shape index (κ2) is 11.4. The second-order valence-corrected chi connectivity index (χ2v) is 9.82. The maximum Gasteiger partial charge on any atom is 0.439 e. The first-order valence-electron chi connectivity index (χ1n) is 12.2. The summed E-state index contributed by atoms with van der Waals surface area (Å²) in [5.74, 6) is 0.249. The third kappa shape index (κ3) is 7.17. The van der Waals surface area contributed by atoms with E-state index in [0.29, 0.717) is 18.6 Å². The number of rotatable bonds is 9. The molecule has 1 aromatic rings. The first-order chi connectivity index (χ1) is 16.0. The summed E-state index contributed by atoms with van der Waals surface area (Å²) in [5, 5.41) is 0. The van der Waals surface area contributed by atoms with Gasteiger partial charge in [-0.05, 0) is 74.3 Å². The highest BCUT2D eigenvalue weighted by molar-refractivity contribution is 5.33. The molecule has 0 bridgehead atoms. The Labute approximate surface area is 196 Å². The van der Waals surface area contributed by atoms with E-state index >= 15 is 0 Å². The molecule has 2 saturated carbocycles. The van der Waals surface area contributed by atoms with E-state index in [4.69, 9.17) is 4.74 Å². The van der Waals surface area contributed by atoms with Crippen LogP contribution in [0.1, 0.15) is 71.1 Å². The molecule has 194 valence electrons. The van der Waals surface area contributed by atoms with Crippen molar-refractivity contribution >= 4 is 0 Å². The summed E-state index contributed by atoms with van der Waals surface area (Å²) in [7, 11) is 0. The lowest BCUT2D eigenvalue weighted by molar-refractivity contribution is -0.305. The number of ether oxygens (including phenoxy) is 2. The highest BCUT2D eigenvalue weighted by Gasteiger charge is 2.59. The van der Waals surface area contributed by atoms with Crippen LogP contribution in [0.4, 0.5) is 30.7 Å². The summed E-state index contributed by atoms with van der Waals surface area (Å²) >= 11 is 0. The molecule has 3 rings (SSSR count). The van der Waals surface area contributed by atoms with Crippen LogP contribution in [0.3, 0.4) is 0 Å². The van der Waals surface area contributed by atoms with Crippen LogP contribution in [0, 0.1) is 29.5 Å². The lowest BCUT2D eigenvalue weighted by Gasteiger charge is -2.37. The van der Waals surface area contributed by atoms with Crippen LogP contribution in [0.25, 0.3) is 0 Å². The maximum atomic E-state index is 14.1. The summed E-state index contributed by atoms with van der Waals surface area (Å²) in [6.07, 6.45) is -3.50. The zero-order valence-electron chi connectivity index (χ0n) is 19.4. The van der Waals surface area contributed by atoms with Gasteiger partial charge < -0.3 is 9.47 Å². The Balaban J connectivity index is 1.44. The molecule has 9 heteroatoms. The average Bonchev–Trinajstić information content (AvgIpc) is 2.79. The average molecular weight is 499 g/mol. The van der Waals surface area contributed by atoms with Crippen LogP contribution in [0.5, 0.6) is 11.5 Å². The topological polar surface area (TPSA) is 18.5 Å². The fourth-order valence-electron chi connectivity index (χ4n) is 5.44. The Morgan fingerprint density at radius 1 is 0.882 bits per heavy atom. The van der Waals surface area contributed by atoms with E-state index in [2.05, 4.69) is 11.7 Å². The molecular weight excluding hydrogens is 465 g/mol. The van der Waals surface area contributed by atoms with Crippen LogP contribution >= 0.6 is 0 Å². The van der Waals surface area contributed by atoms with Crippen molar-refractivity contribution in [1.29, 1.82) is 0 Å². The monoisotopic (exact) mass is 498 g/mol. The first-order valence-corrected chi connectivity index (χ1v) is 12.2. The smallest absolute Gasteiger partial charge is 0.439 e. The fourth-order valence-corrected chi connectivity index (χ4v) is 5.44. The molecule has 34 heavy (non-hydrogen) atoms. The number of benzene rings is 1. The summed E-state index contributed by atoms with van der Waals surface area (Å²) in [6, 6.07) is 2.59. The molecule has 1 atom stereocenters. The minimum absolute atomic E-state index is 0.0529. The van der Waals surface area contributed by atoms with Gasteiger partial charge in [0, 0.05) is 6.07 Å². The molecule has 1 aromatic carbocycles. The molecule has 2 aliphatic carbocycles. The number of hydrogen-bond acceptors (Lipinski definition) is 2. The fraction of sp³-hybridized carbons (Fsp3) is 0.760. The van der Waals surface area contributed by atoms with Crippen LogP contribution in [0.15, 0.2) is 18.2 Å². The quantitative estimate of drug-likeness (QED) is 0.318. The predicted octanol–water partition coefficient (Wildman–Crippen LogP) is 8.49. The Kier molecular flexibility index (Phi) is 9.01. The molecule has 0 aromatic heterocycles. The number of alkyl halides is 6. The molecule has 2 aliphatic rings. The van der Waals surface area contributed by atoms with Gasteiger partial charge in [0.1, 0.15) is 5.75 Å². The SMILES string of the molecule is CCCC1CCC(C2CCC(COc3ccc(OC(F)(F)C(F)C(F)(F)F)c(F)c3)CC2)CC1. The highest BCUT2D eigenvalue weighted by Crippen LogP contribution is 2.42. The third-order valence-electron chi connectivity index (χ3n) is 7.36. The number of halogens is 7. The molecule has 1 unspecified atom stereocenters. The maximum absolute atomic E-state index is 14.1. The van der Waals surface area contributed by atoms with Crippen molar-refractivity contribution in [1.82, 2.24) is 0 Å². The van der Waals surface area contributed by atoms with Crippen molar-refractivity contribution in [3.05, 3.63) is 24.0 Å². The zero-order chi connectivity index (χ0) is 24.9. The summed E-state index contributed by atoms with van der Waals surface area (Å²) in [4.78, 5) is 0. The molecular formula is C25H33F7O2. The van der Waals surface area contributed by atoms with E-state index in [1.165, 1.54) is 38.5 Å². The molecule has 0 aliphatic heterocycles. The Bertz CT molecular complexity index is 767. The van der Waals surface area contributed by atoms with Crippen molar-refractivity contribution < 1.29 is 40.2 Å². The second-order valence-electron chi connectivity index (χ2n) is 9.82. The minimum Gasteiger partial charge on any atom is -0.493 e. The van der Waals surface area contributed by atoms with Crippen LogP contribution in [-0.4, -0.2) is 25.1 Å². The van der Waals surface area contributed by atoms with Crippen molar-refractivity contribution in [3.8, 4) is 11.5 Å². The van der Waals surface area contributed by atoms with Crippen LogP contribution in [0.2, 0.25) is 0 Å². The van der Waals surface area contributed by atoms with Crippen LogP contribution in [-0.2, 0) is 0 Å².